The molecule has 0 saturated carbocycles. The van der Waals surface area contributed by atoms with Crippen LogP contribution in [0.2, 0.25) is 0 Å². The normalized spacial score (nSPS) is 17.5. The highest BCUT2D eigenvalue weighted by molar-refractivity contribution is 7.89. The van der Waals surface area contributed by atoms with Crippen molar-refractivity contribution in [2.75, 3.05) is 43.9 Å². The van der Waals surface area contributed by atoms with Crippen molar-refractivity contribution in [2.24, 2.45) is 0 Å². The largest absolute Gasteiger partial charge is 0.469 e. The molecule has 204 valence electrons. The van der Waals surface area contributed by atoms with Gasteiger partial charge in [-0.1, -0.05) is 34.8 Å². The fourth-order valence-electron chi connectivity index (χ4n) is 4.67. The van der Waals surface area contributed by atoms with Gasteiger partial charge in [0.2, 0.25) is 15.2 Å². The first-order valence-corrected chi connectivity index (χ1v) is 15.9. The summed E-state index contributed by atoms with van der Waals surface area (Å²) in [5, 5.41) is 11.0. The lowest BCUT2D eigenvalue weighted by Crippen LogP contribution is -2.38. The number of carbonyl (C=O) groups is 1. The molecule has 2 aliphatic rings. The van der Waals surface area contributed by atoms with Gasteiger partial charge in [0.15, 0.2) is 0 Å². The van der Waals surface area contributed by atoms with Gasteiger partial charge in [-0.3, -0.25) is 4.79 Å². The molecule has 0 radical (unpaired) electrons. The maximum atomic E-state index is 12.6. The zero-order valence-corrected chi connectivity index (χ0v) is 23.9. The number of esters is 1. The summed E-state index contributed by atoms with van der Waals surface area (Å²) in [6.45, 7) is 4.51. The highest BCUT2D eigenvalue weighted by Crippen LogP contribution is 2.34. The number of fused-ring (bicyclic) bond motifs is 1. The number of piperidine rings is 1. The third kappa shape index (κ3) is 6.33. The topological polar surface area (TPSA) is 115 Å². The molecule has 1 saturated heterocycles. The number of ether oxygens (including phenoxy) is 2. The summed E-state index contributed by atoms with van der Waals surface area (Å²) in [5.74, 6) is -0.445. The molecule has 38 heavy (non-hydrogen) atoms. The first-order valence-electron chi connectivity index (χ1n) is 12.7. The van der Waals surface area contributed by atoms with E-state index in [4.69, 9.17) is 4.74 Å². The van der Waals surface area contributed by atoms with E-state index in [0.29, 0.717) is 24.7 Å². The molecule has 0 unspecified atom stereocenters. The Morgan fingerprint density at radius 2 is 1.97 bits per heavy atom. The molecule has 0 N–H and O–H groups in total. The minimum Gasteiger partial charge on any atom is -0.469 e. The van der Waals surface area contributed by atoms with E-state index in [1.54, 1.807) is 22.7 Å². The number of hydrogen-bond donors (Lipinski definition) is 0. The lowest BCUT2D eigenvalue weighted by Gasteiger charge is -2.30. The van der Waals surface area contributed by atoms with Crippen molar-refractivity contribution in [3.8, 4) is 5.19 Å². The smallest absolute Gasteiger partial charge is 0.305 e. The number of carbonyl (C=O) groups excluding carboxylic acids is 1. The average Bonchev–Trinajstić information content (AvgIpc) is 3.54. The third-order valence-electron chi connectivity index (χ3n) is 6.81. The molecule has 1 fully saturated rings. The summed E-state index contributed by atoms with van der Waals surface area (Å²) >= 11 is 3.17. The highest BCUT2D eigenvalue weighted by atomic mass is 32.2. The quantitative estimate of drug-likeness (QED) is 0.350. The Balaban J connectivity index is 1.17. The average molecular weight is 578 g/mol. The van der Waals surface area contributed by atoms with Crippen molar-refractivity contribution in [2.45, 2.75) is 45.1 Å². The van der Waals surface area contributed by atoms with E-state index in [9.17, 15) is 13.2 Å². The molecule has 0 amide bonds. The van der Waals surface area contributed by atoms with Crippen LogP contribution < -0.4 is 9.64 Å². The van der Waals surface area contributed by atoms with Gasteiger partial charge in [0.25, 0.3) is 5.19 Å². The maximum absolute atomic E-state index is 12.6. The van der Waals surface area contributed by atoms with E-state index in [2.05, 4.69) is 30.9 Å². The van der Waals surface area contributed by atoms with Crippen molar-refractivity contribution in [3.63, 3.8) is 0 Å². The number of aromatic nitrogens is 3. The first-order chi connectivity index (χ1) is 18.3. The van der Waals surface area contributed by atoms with E-state index in [1.165, 1.54) is 11.4 Å². The lowest BCUT2D eigenvalue weighted by atomic mass is 10.0. The molecule has 3 aromatic rings. The van der Waals surface area contributed by atoms with Gasteiger partial charge in [0.1, 0.15) is 11.1 Å². The van der Waals surface area contributed by atoms with Crippen molar-refractivity contribution < 1.29 is 22.7 Å². The van der Waals surface area contributed by atoms with E-state index in [0.717, 1.165) is 57.4 Å². The molecule has 2 aromatic heterocycles. The number of thiazole rings is 1. The van der Waals surface area contributed by atoms with Crippen LogP contribution in [0, 0.1) is 6.92 Å². The van der Waals surface area contributed by atoms with Crippen molar-refractivity contribution in [1.29, 1.82) is 0 Å². The van der Waals surface area contributed by atoms with Gasteiger partial charge in [-0.05, 0) is 43.0 Å². The Morgan fingerprint density at radius 1 is 1.16 bits per heavy atom. The lowest BCUT2D eigenvalue weighted by molar-refractivity contribution is -0.140. The summed E-state index contributed by atoms with van der Waals surface area (Å²) in [4.78, 5) is 18.2. The molecular weight excluding hydrogens is 547 g/mol. The second kappa shape index (κ2) is 11.6. The number of nitrogens with zero attached hydrogens (tertiary/aromatic N) is 5. The zero-order chi connectivity index (χ0) is 26.7. The molecule has 1 aromatic carbocycles. The fourth-order valence-corrected chi connectivity index (χ4v) is 7.77. The number of aryl methyl sites for hydroxylation is 1. The molecular formula is C25H31N5O5S3. The van der Waals surface area contributed by atoms with Crippen molar-refractivity contribution in [1.82, 2.24) is 19.5 Å². The molecule has 4 heterocycles. The van der Waals surface area contributed by atoms with E-state index >= 15 is 0 Å². The Kier molecular flexibility index (Phi) is 8.26. The van der Waals surface area contributed by atoms with Crippen LogP contribution in [0.1, 0.15) is 42.7 Å². The van der Waals surface area contributed by atoms with Crippen LogP contribution in [0.15, 0.2) is 24.3 Å². The predicted octanol–water partition coefficient (Wildman–Crippen LogP) is 3.88. The van der Waals surface area contributed by atoms with Crippen LogP contribution in [-0.4, -0.2) is 79.0 Å². The third-order valence-corrected chi connectivity index (χ3v) is 10.5. The number of sulfonamides is 1. The van der Waals surface area contributed by atoms with Gasteiger partial charge in [0, 0.05) is 45.4 Å². The van der Waals surface area contributed by atoms with E-state index < -0.39 is 16.0 Å². The fraction of sp³-hybridized carbons (Fsp3) is 0.520. The highest BCUT2D eigenvalue weighted by Gasteiger charge is 2.26. The van der Waals surface area contributed by atoms with Gasteiger partial charge in [-0.15, -0.1) is 10.2 Å². The summed E-state index contributed by atoms with van der Waals surface area (Å²) in [7, 11) is -2.10. The van der Waals surface area contributed by atoms with E-state index in [1.807, 2.05) is 25.1 Å². The van der Waals surface area contributed by atoms with Crippen LogP contribution in [0.5, 0.6) is 5.19 Å². The number of anilines is 1. The van der Waals surface area contributed by atoms with Crippen LogP contribution in [0.25, 0.3) is 15.8 Å². The summed E-state index contributed by atoms with van der Waals surface area (Å²) in [6, 6.07) is 6.17. The van der Waals surface area contributed by atoms with Gasteiger partial charge >= 0.3 is 5.97 Å². The van der Waals surface area contributed by atoms with Crippen LogP contribution in [0.4, 0.5) is 5.13 Å². The van der Waals surface area contributed by atoms with Gasteiger partial charge in [-0.2, -0.15) is 4.31 Å². The molecule has 5 rings (SSSR count). The van der Waals surface area contributed by atoms with Gasteiger partial charge in [0.05, 0.1) is 23.1 Å². The minimum absolute atomic E-state index is 0.0539. The van der Waals surface area contributed by atoms with Crippen molar-refractivity contribution >= 4 is 59.6 Å². The Bertz CT molecular complexity index is 1430. The molecule has 2 aliphatic heterocycles. The molecule has 0 aliphatic carbocycles. The van der Waals surface area contributed by atoms with Crippen LogP contribution >= 0.6 is 22.7 Å². The standard InChI is InChI=1S/C25H31N5O5S3/c1-17-27-28-24(36-17)29-11-9-20(10-12-29)35-25-26-21-6-5-19(16-22(21)37-25)18-7-13-30(14-8-18)38(32,33)15-3-4-23(31)34-2/h5-7,16,20H,3-4,8-15H2,1-2H3. The van der Waals surface area contributed by atoms with Crippen LogP contribution in [-0.2, 0) is 19.6 Å². The Morgan fingerprint density at radius 3 is 2.66 bits per heavy atom. The summed E-state index contributed by atoms with van der Waals surface area (Å²) in [6.07, 6.45) is 4.93. The van der Waals surface area contributed by atoms with Gasteiger partial charge in [-0.25, -0.2) is 13.4 Å². The minimum atomic E-state index is -3.41. The number of hydrogen-bond acceptors (Lipinski definition) is 11. The molecule has 0 bridgehead atoms. The number of benzene rings is 1. The summed E-state index contributed by atoms with van der Waals surface area (Å²) in [5.41, 5.74) is 3.11. The number of rotatable bonds is 9. The SMILES string of the molecule is COC(=O)CCCS(=O)(=O)N1CC=C(c2ccc3nc(OC4CCN(c5nnc(C)s5)CC4)sc3c2)CC1. The second-order valence-electron chi connectivity index (χ2n) is 9.40. The number of methoxy groups -OCH3 is 1. The van der Waals surface area contributed by atoms with E-state index in [-0.39, 0.29) is 24.7 Å². The molecule has 10 nitrogen and oxygen atoms in total. The Hall–Kier alpha value is -2.61. The zero-order valence-electron chi connectivity index (χ0n) is 21.5. The molecule has 0 spiro atoms. The van der Waals surface area contributed by atoms with Crippen LogP contribution in [0.3, 0.4) is 0 Å². The first kappa shape index (κ1) is 27.0. The maximum Gasteiger partial charge on any atom is 0.305 e. The monoisotopic (exact) mass is 577 g/mol. The molecule has 13 heteroatoms. The van der Waals surface area contributed by atoms with Gasteiger partial charge < -0.3 is 14.4 Å². The molecule has 0 atom stereocenters. The predicted molar refractivity (Wildman–Crippen MR) is 149 cm³/mol. The Labute approximate surface area is 230 Å². The summed E-state index contributed by atoms with van der Waals surface area (Å²) < 4.78 is 38.7. The second-order valence-corrected chi connectivity index (χ2v) is 13.6. The van der Waals surface area contributed by atoms with Crippen molar-refractivity contribution in [3.05, 3.63) is 34.8 Å².